The SMILES string of the molecule is CCOC(=O)c1c(-c2ccc(OC)c(OC)c2)csc1NC(=O)CN(CC)CC. The van der Waals surface area contributed by atoms with Crippen LogP contribution in [0.3, 0.4) is 0 Å². The Bertz CT molecular complexity index is 846. The highest BCUT2D eigenvalue weighted by molar-refractivity contribution is 7.15. The maximum absolute atomic E-state index is 12.7. The number of amides is 1. The summed E-state index contributed by atoms with van der Waals surface area (Å²) in [5.41, 5.74) is 1.79. The Kier molecular flexibility index (Phi) is 8.48. The Morgan fingerprint density at radius 2 is 1.76 bits per heavy atom. The van der Waals surface area contributed by atoms with Crippen LogP contribution in [0, 0.1) is 0 Å². The molecule has 1 aromatic heterocycles. The molecule has 8 heteroatoms. The number of carbonyl (C=O) groups is 2. The van der Waals surface area contributed by atoms with Crippen molar-refractivity contribution in [1.29, 1.82) is 0 Å². The lowest BCUT2D eigenvalue weighted by atomic mass is 10.0. The Labute approximate surface area is 175 Å². The highest BCUT2D eigenvalue weighted by Gasteiger charge is 2.24. The van der Waals surface area contributed by atoms with Crippen LogP contribution in [0.15, 0.2) is 23.6 Å². The van der Waals surface area contributed by atoms with Gasteiger partial charge in [-0.15, -0.1) is 11.3 Å². The maximum atomic E-state index is 12.7. The first-order valence-electron chi connectivity index (χ1n) is 9.52. The first-order valence-corrected chi connectivity index (χ1v) is 10.4. The van der Waals surface area contributed by atoms with E-state index >= 15 is 0 Å². The van der Waals surface area contributed by atoms with Gasteiger partial charge in [-0.05, 0) is 37.7 Å². The third kappa shape index (κ3) is 5.48. The number of esters is 1. The molecule has 0 atom stereocenters. The minimum Gasteiger partial charge on any atom is -0.493 e. The van der Waals surface area contributed by atoms with Crippen LogP contribution in [0.5, 0.6) is 11.5 Å². The van der Waals surface area contributed by atoms with Crippen LogP contribution in [0.25, 0.3) is 11.1 Å². The van der Waals surface area contributed by atoms with Gasteiger partial charge in [-0.2, -0.15) is 0 Å². The molecule has 1 N–H and O–H groups in total. The number of benzene rings is 1. The third-order valence-electron chi connectivity index (χ3n) is 4.48. The van der Waals surface area contributed by atoms with Gasteiger partial charge in [-0.25, -0.2) is 4.79 Å². The minimum atomic E-state index is -0.475. The molecule has 2 aromatic rings. The molecule has 1 aromatic carbocycles. The normalized spacial score (nSPS) is 10.7. The lowest BCUT2D eigenvalue weighted by Gasteiger charge is -2.17. The number of carbonyl (C=O) groups excluding carboxylic acids is 2. The average molecular weight is 421 g/mol. The fourth-order valence-corrected chi connectivity index (χ4v) is 3.86. The third-order valence-corrected chi connectivity index (χ3v) is 5.38. The molecule has 0 aliphatic carbocycles. The standard InChI is InChI=1S/C21H28N2O5S/c1-6-23(7-2)12-18(24)22-20-19(21(25)28-8-3)15(13-29-20)14-9-10-16(26-4)17(11-14)27-5/h9-11,13H,6-8,12H2,1-5H3,(H,22,24). The van der Waals surface area contributed by atoms with Crippen molar-refractivity contribution in [2.24, 2.45) is 0 Å². The number of nitrogens with one attached hydrogen (secondary N) is 1. The Balaban J connectivity index is 2.41. The van der Waals surface area contributed by atoms with E-state index in [9.17, 15) is 9.59 Å². The van der Waals surface area contributed by atoms with Gasteiger partial charge in [0, 0.05) is 10.9 Å². The zero-order valence-electron chi connectivity index (χ0n) is 17.5. The summed E-state index contributed by atoms with van der Waals surface area (Å²) in [5.74, 6) is 0.506. The molecular formula is C21H28N2O5S. The second-order valence-electron chi connectivity index (χ2n) is 6.15. The van der Waals surface area contributed by atoms with Gasteiger partial charge in [0.1, 0.15) is 10.6 Å². The van der Waals surface area contributed by atoms with E-state index in [4.69, 9.17) is 14.2 Å². The molecule has 0 saturated carbocycles. The van der Waals surface area contributed by atoms with Gasteiger partial charge in [0.05, 0.1) is 27.4 Å². The second-order valence-corrected chi connectivity index (χ2v) is 7.03. The number of anilines is 1. The molecule has 0 spiro atoms. The fraction of sp³-hybridized carbons (Fsp3) is 0.429. The number of methoxy groups -OCH3 is 2. The molecule has 2 rings (SSSR count). The number of hydrogen-bond donors (Lipinski definition) is 1. The molecule has 1 heterocycles. The van der Waals surface area contributed by atoms with Crippen molar-refractivity contribution in [3.63, 3.8) is 0 Å². The summed E-state index contributed by atoms with van der Waals surface area (Å²) in [5, 5.41) is 5.18. The number of likely N-dealkylation sites (N-methyl/N-ethyl adjacent to an activating group) is 1. The van der Waals surface area contributed by atoms with Crippen molar-refractivity contribution in [1.82, 2.24) is 4.90 Å². The highest BCUT2D eigenvalue weighted by atomic mass is 32.1. The lowest BCUT2D eigenvalue weighted by Crippen LogP contribution is -2.33. The molecule has 1 amide bonds. The van der Waals surface area contributed by atoms with Gasteiger partial charge in [0.2, 0.25) is 5.91 Å². The Morgan fingerprint density at radius 1 is 1.07 bits per heavy atom. The zero-order valence-corrected chi connectivity index (χ0v) is 18.4. The van der Waals surface area contributed by atoms with Crippen molar-refractivity contribution in [2.75, 3.05) is 45.8 Å². The minimum absolute atomic E-state index is 0.167. The summed E-state index contributed by atoms with van der Waals surface area (Å²) in [6.45, 7) is 7.80. The molecule has 0 aliphatic heterocycles. The molecule has 29 heavy (non-hydrogen) atoms. The van der Waals surface area contributed by atoms with Crippen LogP contribution in [0.1, 0.15) is 31.1 Å². The fourth-order valence-electron chi connectivity index (χ4n) is 2.89. The van der Waals surface area contributed by atoms with Gasteiger partial charge in [0.15, 0.2) is 11.5 Å². The Morgan fingerprint density at radius 3 is 2.34 bits per heavy atom. The smallest absolute Gasteiger partial charge is 0.341 e. The summed E-state index contributed by atoms with van der Waals surface area (Å²) >= 11 is 1.30. The van der Waals surface area contributed by atoms with E-state index in [-0.39, 0.29) is 19.1 Å². The van der Waals surface area contributed by atoms with E-state index in [1.54, 1.807) is 33.3 Å². The largest absolute Gasteiger partial charge is 0.493 e. The monoisotopic (exact) mass is 420 g/mol. The number of hydrogen-bond acceptors (Lipinski definition) is 7. The van der Waals surface area contributed by atoms with Crippen LogP contribution in [-0.4, -0.2) is 57.2 Å². The average Bonchev–Trinajstić information content (AvgIpc) is 3.14. The quantitative estimate of drug-likeness (QED) is 0.588. The molecule has 0 radical (unpaired) electrons. The van der Waals surface area contributed by atoms with Crippen LogP contribution in [0.4, 0.5) is 5.00 Å². The Hall–Kier alpha value is -2.58. The first kappa shape index (κ1) is 22.7. The first-order chi connectivity index (χ1) is 14.0. The van der Waals surface area contributed by atoms with E-state index in [0.29, 0.717) is 27.6 Å². The van der Waals surface area contributed by atoms with E-state index in [1.807, 2.05) is 30.2 Å². The van der Waals surface area contributed by atoms with Crippen LogP contribution >= 0.6 is 11.3 Å². The lowest BCUT2D eigenvalue weighted by molar-refractivity contribution is -0.117. The van der Waals surface area contributed by atoms with Gasteiger partial charge >= 0.3 is 5.97 Å². The van der Waals surface area contributed by atoms with E-state index < -0.39 is 5.97 Å². The van der Waals surface area contributed by atoms with Crippen LogP contribution < -0.4 is 14.8 Å². The van der Waals surface area contributed by atoms with Crippen LogP contribution in [0.2, 0.25) is 0 Å². The number of ether oxygens (including phenoxy) is 3. The molecule has 0 unspecified atom stereocenters. The number of rotatable bonds is 10. The van der Waals surface area contributed by atoms with E-state index in [2.05, 4.69) is 5.32 Å². The molecule has 7 nitrogen and oxygen atoms in total. The highest BCUT2D eigenvalue weighted by Crippen LogP contribution is 2.39. The molecule has 158 valence electrons. The molecule has 0 saturated heterocycles. The zero-order chi connectivity index (χ0) is 21.4. The summed E-state index contributed by atoms with van der Waals surface area (Å²) in [6, 6.07) is 5.41. The summed E-state index contributed by atoms with van der Waals surface area (Å²) in [6.07, 6.45) is 0. The molecule has 0 fully saturated rings. The summed E-state index contributed by atoms with van der Waals surface area (Å²) < 4.78 is 15.9. The number of nitrogens with zero attached hydrogens (tertiary/aromatic N) is 1. The summed E-state index contributed by atoms with van der Waals surface area (Å²) in [7, 11) is 3.12. The predicted molar refractivity (Wildman–Crippen MR) is 115 cm³/mol. The van der Waals surface area contributed by atoms with Crippen molar-refractivity contribution in [2.45, 2.75) is 20.8 Å². The second kappa shape index (κ2) is 10.8. The van der Waals surface area contributed by atoms with Gasteiger partial charge in [-0.1, -0.05) is 19.9 Å². The van der Waals surface area contributed by atoms with E-state index in [1.165, 1.54) is 11.3 Å². The molecular weight excluding hydrogens is 392 g/mol. The van der Waals surface area contributed by atoms with Crippen molar-refractivity contribution >= 4 is 28.2 Å². The summed E-state index contributed by atoms with van der Waals surface area (Å²) in [4.78, 5) is 27.2. The van der Waals surface area contributed by atoms with Gasteiger partial charge in [0.25, 0.3) is 0 Å². The van der Waals surface area contributed by atoms with Gasteiger partial charge in [-0.3, -0.25) is 9.69 Å². The molecule has 0 aliphatic rings. The van der Waals surface area contributed by atoms with Crippen molar-refractivity contribution in [3.8, 4) is 22.6 Å². The maximum Gasteiger partial charge on any atom is 0.341 e. The van der Waals surface area contributed by atoms with E-state index in [0.717, 1.165) is 18.7 Å². The topological polar surface area (TPSA) is 77.1 Å². The number of thiophene rings is 1. The molecule has 0 bridgehead atoms. The van der Waals surface area contributed by atoms with Gasteiger partial charge < -0.3 is 19.5 Å². The van der Waals surface area contributed by atoms with Crippen molar-refractivity contribution in [3.05, 3.63) is 29.1 Å². The van der Waals surface area contributed by atoms with Crippen LogP contribution in [-0.2, 0) is 9.53 Å². The van der Waals surface area contributed by atoms with Crippen molar-refractivity contribution < 1.29 is 23.8 Å². The predicted octanol–water partition coefficient (Wildman–Crippen LogP) is 3.89.